The molecule has 1 atom stereocenters. The lowest BCUT2D eigenvalue weighted by molar-refractivity contribution is -0.264. The first kappa shape index (κ1) is 14.9. The maximum Gasteiger partial charge on any atom is 0.365 e. The summed E-state index contributed by atoms with van der Waals surface area (Å²) in [6.45, 7) is 4.89. The summed E-state index contributed by atoms with van der Waals surface area (Å²) < 4.78 is 10.1. The molecule has 0 radical (unpaired) electrons. The van der Waals surface area contributed by atoms with E-state index in [4.69, 9.17) is 19.7 Å². The Morgan fingerprint density at radius 1 is 1.12 bits per heavy atom. The fourth-order valence-electron chi connectivity index (χ4n) is 1.55. The van der Waals surface area contributed by atoms with Crippen molar-refractivity contribution in [2.75, 3.05) is 13.2 Å². The van der Waals surface area contributed by atoms with E-state index in [1.807, 2.05) is 0 Å². The molecule has 0 aliphatic heterocycles. The molecule has 2 N–H and O–H groups in total. The highest BCUT2D eigenvalue weighted by molar-refractivity contribution is 5.84. The van der Waals surface area contributed by atoms with Crippen LogP contribution in [0.25, 0.3) is 0 Å². The van der Waals surface area contributed by atoms with Crippen molar-refractivity contribution in [3.05, 3.63) is 0 Å². The minimum Gasteiger partial charge on any atom is -0.481 e. The number of ether oxygens (including phenoxy) is 2. The Morgan fingerprint density at radius 2 is 1.56 bits per heavy atom. The van der Waals surface area contributed by atoms with Gasteiger partial charge in [0.15, 0.2) is 0 Å². The highest BCUT2D eigenvalue weighted by Gasteiger charge is 2.51. The molecular formula is C10H18O6. The van der Waals surface area contributed by atoms with Crippen LogP contribution in [0.5, 0.6) is 0 Å². The second-order valence-electron chi connectivity index (χ2n) is 3.14. The Morgan fingerprint density at radius 3 is 1.75 bits per heavy atom. The van der Waals surface area contributed by atoms with E-state index in [0.717, 1.165) is 0 Å². The summed E-state index contributed by atoms with van der Waals surface area (Å²) >= 11 is 0. The molecule has 0 aromatic rings. The van der Waals surface area contributed by atoms with Gasteiger partial charge in [0.05, 0.1) is 0 Å². The molecule has 0 spiro atoms. The molecule has 0 heterocycles. The molecule has 0 rings (SSSR count). The molecule has 0 aliphatic rings. The van der Waals surface area contributed by atoms with Crippen LogP contribution >= 0.6 is 0 Å². The molecule has 16 heavy (non-hydrogen) atoms. The minimum absolute atomic E-state index is 0.0656. The second-order valence-corrected chi connectivity index (χ2v) is 3.14. The van der Waals surface area contributed by atoms with Crippen molar-refractivity contribution in [3.63, 3.8) is 0 Å². The van der Waals surface area contributed by atoms with Gasteiger partial charge in [0.2, 0.25) is 0 Å². The number of carbonyl (C=O) groups is 2. The standard InChI is InChI=1S/C10H18O6/c1-4-7(8(11)12)10(9(13)14,15-5-2)16-6-3/h7H,4-6H2,1-3H3,(H,11,12)(H,13,14). The van der Waals surface area contributed by atoms with E-state index in [9.17, 15) is 9.59 Å². The van der Waals surface area contributed by atoms with Gasteiger partial charge in [0.25, 0.3) is 5.79 Å². The highest BCUT2D eigenvalue weighted by Crippen LogP contribution is 2.28. The van der Waals surface area contributed by atoms with Gasteiger partial charge >= 0.3 is 11.9 Å². The van der Waals surface area contributed by atoms with Gasteiger partial charge < -0.3 is 19.7 Å². The highest BCUT2D eigenvalue weighted by atomic mass is 16.7. The maximum absolute atomic E-state index is 11.2. The Kier molecular flexibility index (Phi) is 5.98. The lowest BCUT2D eigenvalue weighted by atomic mass is 9.95. The molecule has 0 saturated heterocycles. The van der Waals surface area contributed by atoms with Gasteiger partial charge in [0.1, 0.15) is 5.92 Å². The average Bonchev–Trinajstić information content (AvgIpc) is 2.18. The largest absolute Gasteiger partial charge is 0.481 e. The van der Waals surface area contributed by atoms with Gasteiger partial charge in [-0.3, -0.25) is 4.79 Å². The fourth-order valence-corrected chi connectivity index (χ4v) is 1.55. The first-order valence-electron chi connectivity index (χ1n) is 5.20. The predicted molar refractivity (Wildman–Crippen MR) is 55.0 cm³/mol. The van der Waals surface area contributed by atoms with Gasteiger partial charge in [-0.05, 0) is 20.3 Å². The van der Waals surface area contributed by atoms with Crippen LogP contribution in [0.4, 0.5) is 0 Å². The number of hydrogen-bond donors (Lipinski definition) is 2. The summed E-state index contributed by atoms with van der Waals surface area (Å²) in [4.78, 5) is 22.2. The van der Waals surface area contributed by atoms with Gasteiger partial charge in [-0.2, -0.15) is 0 Å². The molecule has 0 saturated carbocycles. The summed E-state index contributed by atoms with van der Waals surface area (Å²) in [5.74, 6) is -5.98. The molecule has 94 valence electrons. The van der Waals surface area contributed by atoms with Crippen molar-refractivity contribution in [1.29, 1.82) is 0 Å². The summed E-state index contributed by atoms with van der Waals surface area (Å²) in [7, 11) is 0. The lowest BCUT2D eigenvalue weighted by Gasteiger charge is -2.33. The molecule has 0 fully saturated rings. The molecule has 0 amide bonds. The molecular weight excluding hydrogens is 216 g/mol. The Bertz CT molecular complexity index is 244. The van der Waals surface area contributed by atoms with Crippen LogP contribution in [0.15, 0.2) is 0 Å². The van der Waals surface area contributed by atoms with Crippen molar-refractivity contribution in [1.82, 2.24) is 0 Å². The zero-order chi connectivity index (χ0) is 12.8. The van der Waals surface area contributed by atoms with E-state index in [2.05, 4.69) is 0 Å². The van der Waals surface area contributed by atoms with Crippen molar-refractivity contribution in [2.24, 2.45) is 5.92 Å². The number of hydrogen-bond acceptors (Lipinski definition) is 4. The van der Waals surface area contributed by atoms with E-state index in [1.165, 1.54) is 0 Å². The molecule has 0 bridgehead atoms. The Hall–Kier alpha value is -1.14. The number of aliphatic carboxylic acids is 2. The molecule has 0 aromatic carbocycles. The van der Waals surface area contributed by atoms with E-state index >= 15 is 0 Å². The first-order valence-corrected chi connectivity index (χ1v) is 5.20. The normalized spacial score (nSPS) is 13.4. The topological polar surface area (TPSA) is 93.1 Å². The second kappa shape index (κ2) is 6.44. The van der Waals surface area contributed by atoms with E-state index in [0.29, 0.717) is 0 Å². The zero-order valence-corrected chi connectivity index (χ0v) is 9.73. The Labute approximate surface area is 94.2 Å². The molecule has 0 aromatic heterocycles. The number of carboxylic acids is 2. The summed E-state index contributed by atoms with van der Waals surface area (Å²) in [6, 6.07) is 0. The van der Waals surface area contributed by atoms with E-state index < -0.39 is 23.6 Å². The molecule has 6 heteroatoms. The molecule has 6 nitrogen and oxygen atoms in total. The van der Waals surface area contributed by atoms with Crippen LogP contribution in [0, 0.1) is 5.92 Å². The third-order valence-electron chi connectivity index (χ3n) is 2.18. The van der Waals surface area contributed by atoms with Crippen LogP contribution in [0.3, 0.4) is 0 Å². The fraction of sp³-hybridized carbons (Fsp3) is 0.800. The van der Waals surface area contributed by atoms with Crippen LogP contribution in [0.2, 0.25) is 0 Å². The minimum atomic E-state index is -2.09. The van der Waals surface area contributed by atoms with Crippen LogP contribution < -0.4 is 0 Å². The number of rotatable bonds is 8. The van der Waals surface area contributed by atoms with Crippen molar-refractivity contribution in [2.45, 2.75) is 33.0 Å². The average molecular weight is 234 g/mol. The van der Waals surface area contributed by atoms with Crippen LogP contribution in [-0.4, -0.2) is 41.2 Å². The third-order valence-corrected chi connectivity index (χ3v) is 2.18. The smallest absolute Gasteiger partial charge is 0.365 e. The van der Waals surface area contributed by atoms with Gasteiger partial charge in [0, 0.05) is 13.2 Å². The Balaban J connectivity index is 5.27. The van der Waals surface area contributed by atoms with Gasteiger partial charge in [-0.15, -0.1) is 0 Å². The lowest BCUT2D eigenvalue weighted by Crippen LogP contribution is -2.53. The quantitative estimate of drug-likeness (QED) is 0.607. The summed E-state index contributed by atoms with van der Waals surface area (Å²) in [6.07, 6.45) is 0.113. The third kappa shape index (κ3) is 2.93. The van der Waals surface area contributed by atoms with Gasteiger partial charge in [-0.1, -0.05) is 6.92 Å². The number of carboxylic acid groups (broad SMARTS) is 2. The van der Waals surface area contributed by atoms with E-state index in [-0.39, 0.29) is 19.6 Å². The predicted octanol–water partition coefficient (Wildman–Crippen LogP) is 0.951. The van der Waals surface area contributed by atoms with Crippen molar-refractivity contribution >= 4 is 11.9 Å². The zero-order valence-electron chi connectivity index (χ0n) is 9.73. The van der Waals surface area contributed by atoms with E-state index in [1.54, 1.807) is 20.8 Å². The summed E-state index contributed by atoms with van der Waals surface area (Å²) in [5.41, 5.74) is 0. The molecule has 0 aliphatic carbocycles. The molecule has 1 unspecified atom stereocenters. The monoisotopic (exact) mass is 234 g/mol. The van der Waals surface area contributed by atoms with Crippen molar-refractivity contribution in [3.8, 4) is 0 Å². The SMILES string of the molecule is CCOC(OCC)(C(=O)O)C(CC)C(=O)O. The first-order chi connectivity index (χ1) is 7.46. The summed E-state index contributed by atoms with van der Waals surface area (Å²) in [5, 5.41) is 18.1. The van der Waals surface area contributed by atoms with Gasteiger partial charge in [-0.25, -0.2) is 4.79 Å². The van der Waals surface area contributed by atoms with Crippen LogP contribution in [0.1, 0.15) is 27.2 Å². The maximum atomic E-state index is 11.2. The van der Waals surface area contributed by atoms with Crippen LogP contribution in [-0.2, 0) is 19.1 Å². The van der Waals surface area contributed by atoms with Crippen molar-refractivity contribution < 1.29 is 29.3 Å².